The van der Waals surface area contributed by atoms with E-state index >= 15 is 0 Å². The van der Waals surface area contributed by atoms with Crippen LogP contribution in [0.4, 0.5) is 0 Å². The Bertz CT molecular complexity index is 4.85. The van der Waals surface area contributed by atoms with E-state index in [0.29, 0.717) is 0 Å². The van der Waals surface area contributed by atoms with Gasteiger partial charge in [-0.15, -0.1) is 0 Å². The Kier molecular flexibility index (Phi) is 181. The molecule has 0 spiro atoms. The van der Waals surface area contributed by atoms with Crippen molar-refractivity contribution in [3.8, 4) is 0 Å². The van der Waals surface area contributed by atoms with E-state index in [1.54, 1.807) is 0 Å². The van der Waals surface area contributed by atoms with Gasteiger partial charge in [0, 0.05) is 118 Å². The summed E-state index contributed by atoms with van der Waals surface area (Å²) in [6.45, 7) is 0. The van der Waals surface area contributed by atoms with E-state index in [1.807, 2.05) is 0 Å². The average Bonchev–Trinajstić information content (AvgIpc) is 0. The van der Waals surface area contributed by atoms with Gasteiger partial charge in [0.2, 0.25) is 0 Å². The summed E-state index contributed by atoms with van der Waals surface area (Å²) >= 11 is 0. The zero-order valence-corrected chi connectivity index (χ0v) is 16.2. The van der Waals surface area contributed by atoms with Gasteiger partial charge in [0.1, 0.15) is 0 Å². The summed E-state index contributed by atoms with van der Waals surface area (Å²) in [7, 11) is 0. The third-order valence-electron chi connectivity index (χ3n) is 0. The van der Waals surface area contributed by atoms with Gasteiger partial charge < -0.3 is 0 Å². The Morgan fingerprint density at radius 2 is 0.400 bits per heavy atom. The maximum atomic E-state index is 0. The molecule has 0 rings (SSSR count). The van der Waals surface area contributed by atoms with Gasteiger partial charge in [-0.1, -0.05) is 0 Å². The summed E-state index contributed by atoms with van der Waals surface area (Å²) in [4.78, 5) is 0. The van der Waals surface area contributed by atoms with Gasteiger partial charge in [-0.3, -0.25) is 0 Å². The van der Waals surface area contributed by atoms with Crippen LogP contribution in [0.2, 0.25) is 0 Å². The average molecular weight is 404 g/mol. The number of hydrogen-bond donors (Lipinski definition) is 0. The van der Waals surface area contributed by atoms with Crippen molar-refractivity contribution in [2.75, 3.05) is 0 Å². The molecule has 0 atom stereocenters. The second kappa shape index (κ2) is 24.7. The SMILES string of the molecule is [Zn].[Zn].[Zr].[Zr].[Zr]. The summed E-state index contributed by atoms with van der Waals surface area (Å²) in [5.74, 6) is 0. The number of hydrogen-bond acceptors (Lipinski definition) is 0. The molecular weight excluding hydrogens is 404 g/mol. The van der Waals surface area contributed by atoms with E-state index in [2.05, 4.69) is 0 Å². The molecule has 0 aromatic heterocycles. The Morgan fingerprint density at radius 1 is 0.400 bits per heavy atom. The molecule has 16 valence electrons. The van der Waals surface area contributed by atoms with Crippen LogP contribution < -0.4 is 0 Å². The van der Waals surface area contributed by atoms with Crippen molar-refractivity contribution in [2.45, 2.75) is 0 Å². The molecule has 0 amide bonds. The standard InChI is InChI=1S/2Zn.3Zr. The quantitative estimate of drug-likeness (QED) is 0.499. The van der Waals surface area contributed by atoms with Crippen LogP contribution in [0.3, 0.4) is 0 Å². The molecule has 0 nitrogen and oxygen atoms in total. The first-order chi connectivity index (χ1) is 0. The predicted octanol–water partition coefficient (Wildman–Crippen LogP) is -0.0125. The van der Waals surface area contributed by atoms with E-state index in [4.69, 9.17) is 0 Å². The minimum Gasteiger partial charge on any atom is 0 e. The van der Waals surface area contributed by atoms with Crippen molar-refractivity contribution in [3.63, 3.8) is 0 Å². The molecule has 5 heavy (non-hydrogen) atoms. The van der Waals surface area contributed by atoms with Gasteiger partial charge in [0.05, 0.1) is 0 Å². The molecule has 0 aromatic rings. The summed E-state index contributed by atoms with van der Waals surface area (Å²) in [5.41, 5.74) is 0. The zero-order chi connectivity index (χ0) is 0. The molecule has 5 heteroatoms. The molecule has 0 saturated heterocycles. The molecule has 0 aliphatic heterocycles. The van der Waals surface area contributed by atoms with Crippen molar-refractivity contribution >= 4 is 0 Å². The van der Waals surface area contributed by atoms with E-state index < -0.39 is 0 Å². The van der Waals surface area contributed by atoms with Crippen molar-refractivity contribution in [1.29, 1.82) is 0 Å². The van der Waals surface area contributed by atoms with Crippen LogP contribution in [-0.2, 0) is 118 Å². The first kappa shape index (κ1) is 36.5. The molecular formula is Zn2Zr3. The Labute approximate surface area is 115 Å². The van der Waals surface area contributed by atoms with Gasteiger partial charge in [-0.05, 0) is 0 Å². The molecule has 0 aliphatic carbocycles. The molecule has 0 fully saturated rings. The van der Waals surface area contributed by atoms with E-state index in [9.17, 15) is 0 Å². The van der Waals surface area contributed by atoms with Crippen LogP contribution in [0.15, 0.2) is 0 Å². The maximum Gasteiger partial charge on any atom is 0 e. The molecule has 0 heterocycles. The second-order valence-corrected chi connectivity index (χ2v) is 0. The first-order valence-electron chi connectivity index (χ1n) is 0. The molecule has 0 unspecified atom stereocenters. The number of rotatable bonds is 0. The maximum absolute atomic E-state index is 0. The smallest absolute Gasteiger partial charge is 0 e. The topological polar surface area (TPSA) is 0 Å². The third-order valence-corrected chi connectivity index (χ3v) is 0. The van der Waals surface area contributed by atoms with Crippen LogP contribution in [0.1, 0.15) is 0 Å². The summed E-state index contributed by atoms with van der Waals surface area (Å²) < 4.78 is 0. The minimum absolute atomic E-state index is 0. The van der Waals surface area contributed by atoms with Crippen molar-refractivity contribution in [2.24, 2.45) is 0 Å². The van der Waals surface area contributed by atoms with E-state index in [1.165, 1.54) is 0 Å². The summed E-state index contributed by atoms with van der Waals surface area (Å²) in [6, 6.07) is 0. The van der Waals surface area contributed by atoms with Gasteiger partial charge in [-0.2, -0.15) is 0 Å². The molecule has 0 radical (unpaired) electrons. The fraction of sp³-hybridized carbons (Fsp3) is 0. The fourth-order valence-corrected chi connectivity index (χ4v) is 0. The summed E-state index contributed by atoms with van der Waals surface area (Å²) in [6.07, 6.45) is 0. The van der Waals surface area contributed by atoms with E-state index in [0.717, 1.165) is 0 Å². The predicted molar refractivity (Wildman–Crippen MR) is 0 cm³/mol. The van der Waals surface area contributed by atoms with Gasteiger partial charge in [0.25, 0.3) is 0 Å². The minimum atomic E-state index is 0. The largest absolute Gasteiger partial charge is 0 e. The van der Waals surface area contributed by atoms with Crippen molar-refractivity contribution in [1.82, 2.24) is 0 Å². The second-order valence-electron chi connectivity index (χ2n) is 0. The van der Waals surface area contributed by atoms with Gasteiger partial charge in [0.15, 0.2) is 0 Å². The van der Waals surface area contributed by atoms with Gasteiger partial charge in [-0.25, -0.2) is 0 Å². The van der Waals surface area contributed by atoms with Crippen molar-refractivity contribution in [3.05, 3.63) is 0 Å². The van der Waals surface area contributed by atoms with Crippen LogP contribution in [0, 0.1) is 0 Å². The normalized spacial score (nSPS) is 0. The molecule has 0 aliphatic rings. The Balaban J connectivity index is 0. The van der Waals surface area contributed by atoms with Crippen LogP contribution >= 0.6 is 0 Å². The van der Waals surface area contributed by atoms with Crippen LogP contribution in [-0.4, -0.2) is 0 Å². The first-order valence-corrected chi connectivity index (χ1v) is 0. The monoisotopic (exact) mass is 398 g/mol. The molecule has 0 saturated carbocycles. The van der Waals surface area contributed by atoms with Crippen LogP contribution in [0.5, 0.6) is 0 Å². The Morgan fingerprint density at radius 3 is 0.400 bits per heavy atom. The summed E-state index contributed by atoms with van der Waals surface area (Å²) in [5, 5.41) is 0. The van der Waals surface area contributed by atoms with Crippen molar-refractivity contribution < 1.29 is 118 Å². The molecule has 0 aromatic carbocycles. The molecule has 0 bridgehead atoms. The Hall–Kier alpha value is 3.90. The third kappa shape index (κ3) is 18.1. The van der Waals surface area contributed by atoms with Crippen LogP contribution in [0.25, 0.3) is 0 Å². The molecule has 0 N–H and O–H groups in total. The van der Waals surface area contributed by atoms with Gasteiger partial charge >= 0.3 is 0 Å². The zero-order valence-electron chi connectivity index (χ0n) is 2.91. The fourth-order valence-electron chi connectivity index (χ4n) is 0. The van der Waals surface area contributed by atoms with E-state index in [-0.39, 0.29) is 118 Å².